The lowest BCUT2D eigenvalue weighted by molar-refractivity contribution is 0.364. The van der Waals surface area contributed by atoms with Gasteiger partial charge in [-0.15, -0.1) is 0 Å². The van der Waals surface area contributed by atoms with Crippen molar-refractivity contribution in [2.75, 3.05) is 19.3 Å². The maximum Gasteiger partial charge on any atom is 0.175 e. The Morgan fingerprint density at radius 3 is 2.36 bits per heavy atom. The van der Waals surface area contributed by atoms with Crippen LogP contribution in [0.3, 0.4) is 0 Å². The van der Waals surface area contributed by atoms with Crippen molar-refractivity contribution < 1.29 is 8.42 Å². The van der Waals surface area contributed by atoms with Gasteiger partial charge in [0.25, 0.3) is 0 Å². The van der Waals surface area contributed by atoms with Gasteiger partial charge in [-0.2, -0.15) is 0 Å². The van der Waals surface area contributed by atoms with Gasteiger partial charge < -0.3 is 5.32 Å². The molecular formula is C18H19NO2S. The molecule has 2 aromatic rings. The zero-order valence-electron chi connectivity index (χ0n) is 12.6. The summed E-state index contributed by atoms with van der Waals surface area (Å²) in [5.74, 6) is 0. The second kappa shape index (κ2) is 4.67. The highest BCUT2D eigenvalue weighted by molar-refractivity contribution is 7.90. The Kier molecular flexibility index (Phi) is 2.97. The molecule has 2 aromatic carbocycles. The van der Waals surface area contributed by atoms with Crippen molar-refractivity contribution in [2.45, 2.75) is 23.2 Å². The molecule has 0 saturated carbocycles. The molecule has 0 unspecified atom stereocenters. The van der Waals surface area contributed by atoms with Crippen molar-refractivity contribution in [1.82, 2.24) is 5.32 Å². The number of rotatable bonds is 1. The highest BCUT2D eigenvalue weighted by atomic mass is 32.2. The van der Waals surface area contributed by atoms with Crippen LogP contribution in [0.15, 0.2) is 47.4 Å². The van der Waals surface area contributed by atoms with Crippen LogP contribution in [-0.4, -0.2) is 27.8 Å². The first-order valence-electron chi connectivity index (χ1n) is 7.68. The van der Waals surface area contributed by atoms with Crippen molar-refractivity contribution in [3.05, 3.63) is 53.6 Å². The van der Waals surface area contributed by atoms with Gasteiger partial charge in [-0.1, -0.05) is 36.4 Å². The van der Waals surface area contributed by atoms with Crippen molar-refractivity contribution >= 4 is 9.84 Å². The zero-order chi connectivity index (χ0) is 15.4. The predicted molar refractivity (Wildman–Crippen MR) is 87.9 cm³/mol. The number of hydrogen-bond acceptors (Lipinski definition) is 3. The molecule has 0 radical (unpaired) electrons. The van der Waals surface area contributed by atoms with Crippen LogP contribution in [0.25, 0.3) is 11.1 Å². The minimum absolute atomic E-state index is 0.156. The van der Waals surface area contributed by atoms with Crippen LogP contribution < -0.4 is 5.32 Å². The van der Waals surface area contributed by atoms with Crippen molar-refractivity contribution in [1.29, 1.82) is 0 Å². The molecule has 0 aromatic heterocycles. The summed E-state index contributed by atoms with van der Waals surface area (Å²) in [6.07, 6.45) is 3.22. The Morgan fingerprint density at radius 1 is 0.955 bits per heavy atom. The molecule has 1 fully saturated rings. The third-order valence-corrected chi connectivity index (χ3v) is 6.23. The fourth-order valence-corrected chi connectivity index (χ4v) is 5.20. The van der Waals surface area contributed by atoms with Gasteiger partial charge in [-0.3, -0.25) is 0 Å². The molecule has 1 spiro atoms. The molecule has 22 heavy (non-hydrogen) atoms. The fourth-order valence-electron chi connectivity index (χ4n) is 4.20. The number of sulfone groups is 1. The van der Waals surface area contributed by atoms with E-state index in [4.69, 9.17) is 0 Å². The first-order chi connectivity index (χ1) is 10.5. The van der Waals surface area contributed by atoms with Gasteiger partial charge in [0.1, 0.15) is 0 Å². The van der Waals surface area contributed by atoms with Crippen LogP contribution in [0.5, 0.6) is 0 Å². The van der Waals surface area contributed by atoms with Crippen LogP contribution in [-0.2, 0) is 15.3 Å². The molecular weight excluding hydrogens is 294 g/mol. The Bertz CT molecular complexity index is 849. The molecule has 2 aliphatic rings. The Morgan fingerprint density at radius 2 is 1.64 bits per heavy atom. The van der Waals surface area contributed by atoms with Gasteiger partial charge in [0.15, 0.2) is 9.84 Å². The number of piperidine rings is 1. The fraction of sp³-hybridized carbons (Fsp3) is 0.333. The normalized spacial score (nSPS) is 19.0. The largest absolute Gasteiger partial charge is 0.317 e. The number of hydrogen-bond donors (Lipinski definition) is 1. The highest BCUT2D eigenvalue weighted by Gasteiger charge is 2.46. The van der Waals surface area contributed by atoms with E-state index in [0.717, 1.165) is 37.1 Å². The average molecular weight is 313 g/mol. The van der Waals surface area contributed by atoms with Crippen LogP contribution in [0.1, 0.15) is 24.0 Å². The van der Waals surface area contributed by atoms with Gasteiger partial charge >= 0.3 is 0 Å². The van der Waals surface area contributed by atoms with Crippen LogP contribution in [0, 0.1) is 0 Å². The summed E-state index contributed by atoms with van der Waals surface area (Å²) in [6.45, 7) is 1.84. The maximum atomic E-state index is 12.4. The smallest absolute Gasteiger partial charge is 0.175 e. The van der Waals surface area contributed by atoms with E-state index in [9.17, 15) is 8.42 Å². The molecule has 114 valence electrons. The van der Waals surface area contributed by atoms with E-state index in [0.29, 0.717) is 4.90 Å². The lowest BCUT2D eigenvalue weighted by Crippen LogP contribution is -2.40. The summed E-state index contributed by atoms with van der Waals surface area (Å²) >= 11 is 0. The molecule has 4 rings (SSSR count). The molecule has 1 N–H and O–H groups in total. The van der Waals surface area contributed by atoms with Gasteiger partial charge in [0.2, 0.25) is 0 Å². The SMILES string of the molecule is CS(=O)(=O)c1cccc2c1C1(CCNCC1)c1ccccc1-2. The second-order valence-corrected chi connectivity index (χ2v) is 8.31. The van der Waals surface area contributed by atoms with E-state index in [2.05, 4.69) is 29.6 Å². The van der Waals surface area contributed by atoms with E-state index in [1.54, 1.807) is 6.07 Å². The van der Waals surface area contributed by atoms with Crippen molar-refractivity contribution in [3.63, 3.8) is 0 Å². The molecule has 1 aliphatic heterocycles. The minimum atomic E-state index is -3.24. The Labute approximate surface area is 131 Å². The molecule has 0 bridgehead atoms. The molecule has 1 saturated heterocycles. The quantitative estimate of drug-likeness (QED) is 0.880. The summed E-state index contributed by atoms with van der Waals surface area (Å²) in [5.41, 5.74) is 4.46. The van der Waals surface area contributed by atoms with Crippen LogP contribution in [0.4, 0.5) is 0 Å². The third-order valence-electron chi connectivity index (χ3n) is 5.09. The zero-order valence-corrected chi connectivity index (χ0v) is 13.4. The predicted octanol–water partition coefficient (Wildman–Crippen LogP) is 2.74. The molecule has 0 amide bonds. The van der Waals surface area contributed by atoms with E-state index in [-0.39, 0.29) is 5.41 Å². The number of fused-ring (bicyclic) bond motifs is 5. The van der Waals surface area contributed by atoms with E-state index < -0.39 is 9.84 Å². The molecule has 1 heterocycles. The van der Waals surface area contributed by atoms with E-state index >= 15 is 0 Å². The molecule has 1 aliphatic carbocycles. The first kappa shape index (κ1) is 14.0. The molecule has 4 heteroatoms. The minimum Gasteiger partial charge on any atom is -0.317 e. The average Bonchev–Trinajstić information content (AvgIpc) is 2.79. The first-order valence-corrected chi connectivity index (χ1v) is 9.57. The lowest BCUT2D eigenvalue weighted by atomic mass is 9.71. The van der Waals surface area contributed by atoms with Crippen LogP contribution >= 0.6 is 0 Å². The highest BCUT2D eigenvalue weighted by Crippen LogP contribution is 2.55. The summed E-state index contributed by atoms with van der Waals surface area (Å²) < 4.78 is 24.7. The van der Waals surface area contributed by atoms with E-state index in [1.165, 1.54) is 17.4 Å². The summed E-state index contributed by atoms with van der Waals surface area (Å²) in [4.78, 5) is 0.503. The van der Waals surface area contributed by atoms with Crippen LogP contribution in [0.2, 0.25) is 0 Å². The monoisotopic (exact) mass is 313 g/mol. The van der Waals surface area contributed by atoms with Gasteiger partial charge in [-0.25, -0.2) is 8.42 Å². The Balaban J connectivity index is 2.11. The van der Waals surface area contributed by atoms with Crippen molar-refractivity contribution in [2.24, 2.45) is 0 Å². The maximum absolute atomic E-state index is 12.4. The van der Waals surface area contributed by atoms with Gasteiger partial charge in [0, 0.05) is 11.7 Å². The number of nitrogens with one attached hydrogen (secondary N) is 1. The summed E-state index contributed by atoms with van der Waals surface area (Å²) in [7, 11) is -3.24. The Hall–Kier alpha value is -1.65. The van der Waals surface area contributed by atoms with Gasteiger partial charge in [-0.05, 0) is 54.3 Å². The number of benzene rings is 2. The summed E-state index contributed by atoms with van der Waals surface area (Å²) in [6, 6.07) is 14.1. The molecule has 0 atom stereocenters. The third kappa shape index (κ3) is 1.80. The summed E-state index contributed by atoms with van der Waals surface area (Å²) in [5, 5.41) is 3.41. The van der Waals surface area contributed by atoms with E-state index in [1.807, 2.05) is 12.1 Å². The van der Waals surface area contributed by atoms with Gasteiger partial charge in [0.05, 0.1) is 4.90 Å². The second-order valence-electron chi connectivity index (χ2n) is 6.33. The molecule has 3 nitrogen and oxygen atoms in total. The standard InChI is InChI=1S/C18H19NO2S/c1-22(20,21)16-8-4-6-14-13-5-2-3-7-15(13)18(17(14)16)9-11-19-12-10-18/h2-8,19H,9-12H2,1H3. The van der Waals surface area contributed by atoms with Crippen molar-refractivity contribution in [3.8, 4) is 11.1 Å². The topological polar surface area (TPSA) is 46.2 Å². The lowest BCUT2D eigenvalue weighted by Gasteiger charge is -2.37.